The summed E-state index contributed by atoms with van der Waals surface area (Å²) in [6.45, 7) is 2.85. The summed E-state index contributed by atoms with van der Waals surface area (Å²) in [4.78, 5) is 0.269. The predicted octanol–water partition coefficient (Wildman–Crippen LogP) is 1.56. The Morgan fingerprint density at radius 1 is 1.25 bits per heavy atom. The Bertz CT molecular complexity index is 528. The Labute approximate surface area is 120 Å². The molecule has 6 heteroatoms. The van der Waals surface area contributed by atoms with Crippen LogP contribution in [0.5, 0.6) is 0 Å². The predicted molar refractivity (Wildman–Crippen MR) is 79.1 cm³/mol. The molecule has 0 aliphatic heterocycles. The number of sulfonamides is 1. The molecule has 1 aromatic carbocycles. The molecule has 5 nitrogen and oxygen atoms in total. The molecule has 3 N–H and O–H groups in total. The van der Waals surface area contributed by atoms with Crippen LogP contribution < -0.4 is 10.0 Å². The van der Waals surface area contributed by atoms with Gasteiger partial charge in [0.05, 0.1) is 11.0 Å². The molecule has 1 aliphatic carbocycles. The van der Waals surface area contributed by atoms with Crippen LogP contribution in [0.15, 0.2) is 29.2 Å². The number of aliphatic hydroxyl groups excluding tert-OH is 1. The van der Waals surface area contributed by atoms with E-state index in [2.05, 4.69) is 10.0 Å². The number of anilines is 1. The number of nitrogens with one attached hydrogen (secondary N) is 2. The first kappa shape index (κ1) is 15.3. The molecule has 0 radical (unpaired) electrons. The quantitative estimate of drug-likeness (QED) is 0.745. The second kappa shape index (κ2) is 6.56. The molecule has 0 bridgehead atoms. The van der Waals surface area contributed by atoms with E-state index in [-0.39, 0.29) is 11.0 Å². The number of benzene rings is 1. The Balaban J connectivity index is 1.95. The van der Waals surface area contributed by atoms with Crippen LogP contribution in [0.3, 0.4) is 0 Å². The van der Waals surface area contributed by atoms with Gasteiger partial charge in [0.25, 0.3) is 0 Å². The largest absolute Gasteiger partial charge is 0.393 e. The van der Waals surface area contributed by atoms with Crippen molar-refractivity contribution in [2.24, 2.45) is 5.92 Å². The van der Waals surface area contributed by atoms with Crippen molar-refractivity contribution in [1.29, 1.82) is 0 Å². The van der Waals surface area contributed by atoms with E-state index in [4.69, 9.17) is 0 Å². The second-order valence-electron chi connectivity index (χ2n) is 5.16. The van der Waals surface area contributed by atoms with Gasteiger partial charge in [0.2, 0.25) is 10.0 Å². The number of rotatable bonds is 6. The zero-order chi connectivity index (χ0) is 14.6. The molecule has 0 spiro atoms. The SMILES string of the molecule is CCNS(=O)(=O)c1ccc(NCC2CCCC2O)cc1. The maximum Gasteiger partial charge on any atom is 0.240 e. The van der Waals surface area contributed by atoms with Crippen molar-refractivity contribution in [3.05, 3.63) is 24.3 Å². The fourth-order valence-corrected chi connectivity index (χ4v) is 3.57. The van der Waals surface area contributed by atoms with Gasteiger partial charge in [-0.3, -0.25) is 0 Å². The molecule has 20 heavy (non-hydrogen) atoms. The average molecular weight is 298 g/mol. The van der Waals surface area contributed by atoms with Crippen molar-refractivity contribution in [2.75, 3.05) is 18.4 Å². The van der Waals surface area contributed by atoms with Gasteiger partial charge in [-0.05, 0) is 37.1 Å². The van der Waals surface area contributed by atoms with E-state index in [0.29, 0.717) is 12.5 Å². The molecule has 1 fully saturated rings. The highest BCUT2D eigenvalue weighted by atomic mass is 32.2. The minimum Gasteiger partial charge on any atom is -0.393 e. The lowest BCUT2D eigenvalue weighted by molar-refractivity contribution is 0.138. The Morgan fingerprint density at radius 3 is 2.50 bits per heavy atom. The van der Waals surface area contributed by atoms with Crippen LogP contribution in [0, 0.1) is 5.92 Å². The summed E-state index contributed by atoms with van der Waals surface area (Å²) < 4.78 is 26.0. The summed E-state index contributed by atoms with van der Waals surface area (Å²) in [7, 11) is -3.38. The normalized spacial score (nSPS) is 22.9. The molecule has 112 valence electrons. The minimum absolute atomic E-state index is 0.212. The summed E-state index contributed by atoms with van der Waals surface area (Å²) in [6.07, 6.45) is 2.79. The molecule has 2 unspecified atom stereocenters. The summed E-state index contributed by atoms with van der Waals surface area (Å²) in [5.74, 6) is 0.292. The van der Waals surface area contributed by atoms with Gasteiger partial charge in [-0.15, -0.1) is 0 Å². The van der Waals surface area contributed by atoms with E-state index in [1.165, 1.54) is 0 Å². The molecule has 1 saturated carbocycles. The Morgan fingerprint density at radius 2 is 1.95 bits per heavy atom. The van der Waals surface area contributed by atoms with Gasteiger partial charge in [-0.2, -0.15) is 0 Å². The van der Waals surface area contributed by atoms with Crippen molar-refractivity contribution in [2.45, 2.75) is 37.2 Å². The van der Waals surface area contributed by atoms with Gasteiger partial charge in [0.15, 0.2) is 0 Å². The van der Waals surface area contributed by atoms with E-state index in [1.54, 1.807) is 31.2 Å². The third-order valence-electron chi connectivity index (χ3n) is 3.69. The van der Waals surface area contributed by atoms with E-state index in [0.717, 1.165) is 31.5 Å². The fourth-order valence-electron chi connectivity index (χ4n) is 2.53. The standard InChI is InChI=1S/C14H22N2O3S/c1-2-16-20(18,19)13-8-6-12(7-9-13)15-10-11-4-3-5-14(11)17/h6-9,11,14-17H,2-5,10H2,1H3. The molecule has 2 rings (SSSR count). The molecule has 0 heterocycles. The smallest absolute Gasteiger partial charge is 0.240 e. The molecular weight excluding hydrogens is 276 g/mol. The maximum atomic E-state index is 11.8. The van der Waals surface area contributed by atoms with Crippen LogP contribution in [0.1, 0.15) is 26.2 Å². The van der Waals surface area contributed by atoms with Crippen LogP contribution >= 0.6 is 0 Å². The first-order valence-electron chi connectivity index (χ1n) is 7.04. The Hall–Kier alpha value is -1.11. The Kier molecular flexibility index (Phi) is 5.01. The number of aliphatic hydroxyl groups is 1. The van der Waals surface area contributed by atoms with Gasteiger partial charge in [-0.25, -0.2) is 13.1 Å². The maximum absolute atomic E-state index is 11.8. The summed E-state index contributed by atoms with van der Waals surface area (Å²) in [6, 6.07) is 6.69. The monoisotopic (exact) mass is 298 g/mol. The van der Waals surface area contributed by atoms with E-state index < -0.39 is 10.0 Å². The zero-order valence-corrected chi connectivity index (χ0v) is 12.5. The van der Waals surface area contributed by atoms with Crippen molar-refractivity contribution >= 4 is 15.7 Å². The first-order chi connectivity index (χ1) is 9.53. The molecule has 2 atom stereocenters. The summed E-state index contributed by atoms with van der Waals surface area (Å²) >= 11 is 0. The molecular formula is C14H22N2O3S. The van der Waals surface area contributed by atoms with Crippen LogP contribution in [-0.2, 0) is 10.0 Å². The summed E-state index contributed by atoms with van der Waals surface area (Å²) in [5, 5.41) is 13.0. The first-order valence-corrected chi connectivity index (χ1v) is 8.53. The van der Waals surface area contributed by atoms with Crippen molar-refractivity contribution in [3.8, 4) is 0 Å². The van der Waals surface area contributed by atoms with E-state index >= 15 is 0 Å². The number of hydrogen-bond acceptors (Lipinski definition) is 4. The third-order valence-corrected chi connectivity index (χ3v) is 5.25. The van der Waals surface area contributed by atoms with E-state index in [1.807, 2.05) is 0 Å². The molecule has 1 aromatic rings. The molecule has 1 aliphatic rings. The van der Waals surface area contributed by atoms with Gasteiger partial charge in [-0.1, -0.05) is 13.3 Å². The second-order valence-corrected chi connectivity index (χ2v) is 6.93. The highest BCUT2D eigenvalue weighted by Gasteiger charge is 2.24. The topological polar surface area (TPSA) is 78.4 Å². The lowest BCUT2D eigenvalue weighted by atomic mass is 10.1. The number of hydrogen-bond donors (Lipinski definition) is 3. The third kappa shape index (κ3) is 3.71. The van der Waals surface area contributed by atoms with Crippen LogP contribution in [0.25, 0.3) is 0 Å². The molecule has 0 amide bonds. The lowest BCUT2D eigenvalue weighted by Gasteiger charge is -2.16. The van der Waals surface area contributed by atoms with Crippen LogP contribution in [-0.4, -0.2) is 32.7 Å². The zero-order valence-electron chi connectivity index (χ0n) is 11.7. The fraction of sp³-hybridized carbons (Fsp3) is 0.571. The van der Waals surface area contributed by atoms with Crippen LogP contribution in [0.2, 0.25) is 0 Å². The average Bonchev–Trinajstić information content (AvgIpc) is 2.82. The molecule has 0 saturated heterocycles. The highest BCUT2D eigenvalue weighted by molar-refractivity contribution is 7.89. The highest BCUT2D eigenvalue weighted by Crippen LogP contribution is 2.26. The van der Waals surface area contributed by atoms with Crippen LogP contribution in [0.4, 0.5) is 5.69 Å². The van der Waals surface area contributed by atoms with Gasteiger partial charge >= 0.3 is 0 Å². The molecule has 0 aromatic heterocycles. The van der Waals surface area contributed by atoms with Gasteiger partial charge in [0, 0.05) is 24.7 Å². The van der Waals surface area contributed by atoms with Crippen molar-refractivity contribution < 1.29 is 13.5 Å². The van der Waals surface area contributed by atoms with Gasteiger partial charge in [0.1, 0.15) is 0 Å². The van der Waals surface area contributed by atoms with Gasteiger partial charge < -0.3 is 10.4 Å². The van der Waals surface area contributed by atoms with Crippen molar-refractivity contribution in [1.82, 2.24) is 4.72 Å². The lowest BCUT2D eigenvalue weighted by Crippen LogP contribution is -2.23. The van der Waals surface area contributed by atoms with E-state index in [9.17, 15) is 13.5 Å². The van der Waals surface area contributed by atoms with Crippen molar-refractivity contribution in [3.63, 3.8) is 0 Å². The minimum atomic E-state index is -3.38. The summed E-state index contributed by atoms with van der Waals surface area (Å²) in [5.41, 5.74) is 0.875.